The normalized spacial score (nSPS) is 28.2. The fourth-order valence-electron chi connectivity index (χ4n) is 4.30. The van der Waals surface area contributed by atoms with Gasteiger partial charge < -0.3 is 20.5 Å². The maximum absolute atomic E-state index is 14.7. The number of halogens is 2. The summed E-state index contributed by atoms with van der Waals surface area (Å²) >= 11 is 0. The van der Waals surface area contributed by atoms with Crippen molar-refractivity contribution in [3.63, 3.8) is 0 Å². The summed E-state index contributed by atoms with van der Waals surface area (Å²) in [5.74, 6) is -0.942. The lowest BCUT2D eigenvalue weighted by atomic mass is 9.91. The van der Waals surface area contributed by atoms with Crippen LogP contribution in [0.1, 0.15) is 51.9 Å². The first-order valence-electron chi connectivity index (χ1n) is 9.67. The average molecular weight is 368 g/mol. The fourth-order valence-corrected chi connectivity index (χ4v) is 4.30. The zero-order valence-electron chi connectivity index (χ0n) is 15.6. The molecule has 1 saturated carbocycles. The third-order valence-corrected chi connectivity index (χ3v) is 5.99. The first-order chi connectivity index (χ1) is 12.4. The van der Waals surface area contributed by atoms with Gasteiger partial charge in [-0.3, -0.25) is 0 Å². The number of rotatable bonds is 7. The van der Waals surface area contributed by atoms with Gasteiger partial charge in [0, 0.05) is 12.5 Å². The van der Waals surface area contributed by atoms with Crippen LogP contribution in [0.4, 0.5) is 20.2 Å². The highest BCUT2D eigenvalue weighted by Gasteiger charge is 2.45. The van der Waals surface area contributed by atoms with Crippen LogP contribution in [-0.4, -0.2) is 30.4 Å². The second kappa shape index (κ2) is 7.99. The largest absolute Gasteiger partial charge is 0.497 e. The van der Waals surface area contributed by atoms with Crippen molar-refractivity contribution in [2.75, 3.05) is 17.7 Å². The van der Waals surface area contributed by atoms with E-state index in [-0.39, 0.29) is 6.42 Å². The monoisotopic (exact) mass is 368 g/mol. The van der Waals surface area contributed by atoms with E-state index in [1.165, 1.54) is 26.4 Å². The van der Waals surface area contributed by atoms with E-state index in [4.69, 9.17) is 4.74 Å². The second-order valence-electron chi connectivity index (χ2n) is 7.80. The first kappa shape index (κ1) is 19.2. The molecule has 1 aliphatic heterocycles. The van der Waals surface area contributed by atoms with Gasteiger partial charge in [0.15, 0.2) is 6.23 Å². The van der Waals surface area contributed by atoms with Gasteiger partial charge in [-0.25, -0.2) is 8.78 Å². The summed E-state index contributed by atoms with van der Waals surface area (Å²) in [5, 5.41) is 15.8. The predicted molar refractivity (Wildman–Crippen MR) is 100.0 cm³/mol. The molecule has 6 heteroatoms. The van der Waals surface area contributed by atoms with Crippen molar-refractivity contribution in [2.45, 2.75) is 70.1 Å². The van der Waals surface area contributed by atoms with Crippen LogP contribution in [-0.2, 0) is 0 Å². The molecule has 0 spiro atoms. The molecule has 26 heavy (non-hydrogen) atoms. The number of fused-ring (bicyclic) bond motifs is 1. The highest BCUT2D eigenvalue weighted by Crippen LogP contribution is 2.39. The van der Waals surface area contributed by atoms with Crippen molar-refractivity contribution < 1.29 is 18.6 Å². The number of hydrogen-bond acceptors (Lipinski definition) is 4. The van der Waals surface area contributed by atoms with Crippen LogP contribution in [0.25, 0.3) is 0 Å². The van der Waals surface area contributed by atoms with E-state index < -0.39 is 18.2 Å². The van der Waals surface area contributed by atoms with E-state index in [1.807, 2.05) is 0 Å². The summed E-state index contributed by atoms with van der Waals surface area (Å²) in [5.41, 5.74) is 1.12. The number of ether oxygens (including phenoxy) is 1. The number of methoxy groups -OCH3 is 1. The van der Waals surface area contributed by atoms with Crippen LogP contribution in [0.5, 0.6) is 5.75 Å². The Bertz CT molecular complexity index is 611. The molecule has 0 aromatic heterocycles. The van der Waals surface area contributed by atoms with E-state index in [2.05, 4.69) is 17.6 Å². The Hall–Kier alpha value is -1.56. The summed E-state index contributed by atoms with van der Waals surface area (Å²) in [6, 6.07) is 3.75. The van der Waals surface area contributed by atoms with Gasteiger partial charge in [0.2, 0.25) is 0 Å². The third-order valence-electron chi connectivity index (χ3n) is 5.99. The first-order valence-corrected chi connectivity index (χ1v) is 9.67. The summed E-state index contributed by atoms with van der Waals surface area (Å²) in [4.78, 5) is 0. The van der Waals surface area contributed by atoms with Gasteiger partial charge in [-0.2, -0.15) is 0 Å². The van der Waals surface area contributed by atoms with Crippen molar-refractivity contribution in [2.24, 2.45) is 11.8 Å². The van der Waals surface area contributed by atoms with Gasteiger partial charge in [0.05, 0.1) is 18.5 Å². The molecule has 146 valence electrons. The van der Waals surface area contributed by atoms with Gasteiger partial charge in [-0.15, -0.1) is 0 Å². The van der Waals surface area contributed by atoms with Gasteiger partial charge >= 0.3 is 0 Å². The Kier molecular flexibility index (Phi) is 5.90. The second-order valence-corrected chi connectivity index (χ2v) is 7.80. The predicted octanol–water partition coefficient (Wildman–Crippen LogP) is 4.85. The molecule has 1 aromatic carbocycles. The summed E-state index contributed by atoms with van der Waals surface area (Å²) in [6.07, 6.45) is 4.58. The van der Waals surface area contributed by atoms with Crippen LogP contribution in [0.15, 0.2) is 18.2 Å². The van der Waals surface area contributed by atoms with Gasteiger partial charge in [0.1, 0.15) is 11.8 Å². The van der Waals surface area contributed by atoms with Crippen LogP contribution >= 0.6 is 0 Å². The molecule has 0 amide bonds. The van der Waals surface area contributed by atoms with E-state index in [0.29, 0.717) is 29.5 Å². The molecular formula is C20H30F2N2O2. The van der Waals surface area contributed by atoms with E-state index >= 15 is 0 Å². The molecule has 4 atom stereocenters. The van der Waals surface area contributed by atoms with Crippen molar-refractivity contribution in [1.29, 1.82) is 0 Å². The number of aliphatic hydroxyl groups excluding tert-OH is 1. The minimum absolute atomic E-state index is 0.212. The lowest BCUT2D eigenvalue weighted by molar-refractivity contribution is -0.0601. The molecule has 3 rings (SSSR count). The van der Waals surface area contributed by atoms with Crippen LogP contribution in [0.3, 0.4) is 0 Å². The number of anilines is 2. The maximum Gasteiger partial charge on any atom is 0.272 e. The third kappa shape index (κ3) is 4.22. The Morgan fingerprint density at radius 3 is 2.69 bits per heavy atom. The number of hydrogen-bond donors (Lipinski definition) is 3. The fraction of sp³-hybridized carbons (Fsp3) is 0.700. The standard InChI is InChI=1S/C20H30F2N2O2/c1-13-6-5-8-14(13)7-3-4-11-20(21,22)18-19(25)24-17-12-15(26-2)9-10-16(17)23-18/h9-10,12-14,18-19,23-25H,3-8,11H2,1-2H3/t13?,14-,18?,19?/m1/s1. The minimum Gasteiger partial charge on any atom is -0.497 e. The minimum atomic E-state index is -2.98. The molecule has 3 N–H and O–H groups in total. The van der Waals surface area contributed by atoms with Crippen molar-refractivity contribution in [3.8, 4) is 5.75 Å². The number of alkyl halides is 2. The highest BCUT2D eigenvalue weighted by molar-refractivity contribution is 5.73. The number of benzene rings is 1. The molecular weight excluding hydrogens is 338 g/mol. The topological polar surface area (TPSA) is 53.5 Å². The van der Waals surface area contributed by atoms with Crippen molar-refractivity contribution in [1.82, 2.24) is 0 Å². The smallest absolute Gasteiger partial charge is 0.272 e. The summed E-state index contributed by atoms with van der Waals surface area (Å²) in [7, 11) is 1.54. The van der Waals surface area contributed by atoms with E-state index in [0.717, 1.165) is 18.8 Å². The van der Waals surface area contributed by atoms with Crippen molar-refractivity contribution in [3.05, 3.63) is 18.2 Å². The Morgan fingerprint density at radius 2 is 2.00 bits per heavy atom. The van der Waals surface area contributed by atoms with E-state index in [1.54, 1.807) is 18.2 Å². The number of nitrogens with one attached hydrogen (secondary N) is 2. The molecule has 4 nitrogen and oxygen atoms in total. The molecule has 0 radical (unpaired) electrons. The Morgan fingerprint density at radius 1 is 1.19 bits per heavy atom. The molecule has 1 aliphatic carbocycles. The highest BCUT2D eigenvalue weighted by atomic mass is 19.3. The molecule has 3 unspecified atom stereocenters. The molecule has 0 bridgehead atoms. The average Bonchev–Trinajstić information content (AvgIpc) is 3.02. The SMILES string of the molecule is COc1ccc2c(c1)NC(O)C(C(F)(F)CCCC[C@@H]1CCCC1C)N2. The molecule has 0 saturated heterocycles. The Balaban J connectivity index is 1.54. The van der Waals surface area contributed by atoms with Crippen LogP contribution < -0.4 is 15.4 Å². The van der Waals surface area contributed by atoms with E-state index in [9.17, 15) is 13.9 Å². The lowest BCUT2D eigenvalue weighted by Gasteiger charge is -2.37. The molecule has 2 aliphatic rings. The lowest BCUT2D eigenvalue weighted by Crippen LogP contribution is -2.53. The van der Waals surface area contributed by atoms with Gasteiger partial charge in [-0.1, -0.05) is 39.0 Å². The molecule has 1 heterocycles. The molecule has 1 aromatic rings. The number of unbranched alkanes of at least 4 members (excludes halogenated alkanes) is 1. The zero-order chi connectivity index (χ0) is 18.7. The van der Waals surface area contributed by atoms with Crippen LogP contribution in [0.2, 0.25) is 0 Å². The van der Waals surface area contributed by atoms with Gasteiger partial charge in [0.25, 0.3) is 5.92 Å². The summed E-state index contributed by atoms with van der Waals surface area (Å²) < 4.78 is 34.5. The van der Waals surface area contributed by atoms with Gasteiger partial charge in [-0.05, 0) is 30.4 Å². The zero-order valence-corrected chi connectivity index (χ0v) is 15.6. The summed E-state index contributed by atoms with van der Waals surface area (Å²) in [6.45, 7) is 2.27. The molecule has 1 fully saturated rings. The van der Waals surface area contributed by atoms with Crippen molar-refractivity contribution >= 4 is 11.4 Å². The quantitative estimate of drug-likeness (QED) is 0.602. The van der Waals surface area contributed by atoms with Crippen LogP contribution in [0, 0.1) is 11.8 Å². The number of aliphatic hydroxyl groups is 1. The maximum atomic E-state index is 14.7. The Labute approximate surface area is 154 Å².